The molecule has 2 N–H and O–H groups in total. The van der Waals surface area contributed by atoms with E-state index >= 15 is 0 Å². The maximum atomic E-state index is 6.34. The first kappa shape index (κ1) is 14.6. The van der Waals surface area contributed by atoms with Gasteiger partial charge >= 0.3 is 0 Å². The Morgan fingerprint density at radius 1 is 1.15 bits per heavy atom. The first-order valence-corrected chi connectivity index (χ1v) is 7.16. The normalized spacial score (nSPS) is 12.4. The molecule has 2 aromatic heterocycles. The number of rotatable bonds is 5. The number of nitrogens with two attached hydrogens (primary N) is 1. The van der Waals surface area contributed by atoms with Crippen molar-refractivity contribution in [3.63, 3.8) is 0 Å². The van der Waals surface area contributed by atoms with Crippen LogP contribution in [0, 0.1) is 6.92 Å². The molecular weight excluding hydrogens is 248 g/mol. The van der Waals surface area contributed by atoms with Crippen LogP contribution in [0.1, 0.15) is 48.1 Å². The molecule has 0 fully saturated rings. The third-order valence-electron chi connectivity index (χ3n) is 3.48. The third kappa shape index (κ3) is 3.39. The fourth-order valence-corrected chi connectivity index (χ4v) is 2.25. The summed E-state index contributed by atoms with van der Waals surface area (Å²) in [6.45, 7) is 6.14. The minimum atomic E-state index is -0.0841. The zero-order chi connectivity index (χ0) is 14.5. The van der Waals surface area contributed by atoms with Crippen molar-refractivity contribution in [1.29, 1.82) is 0 Å². The lowest BCUT2D eigenvalue weighted by Crippen LogP contribution is -2.17. The van der Waals surface area contributed by atoms with Crippen LogP contribution in [0.5, 0.6) is 0 Å². The van der Waals surface area contributed by atoms with Gasteiger partial charge in [0.25, 0.3) is 0 Å². The number of hydrogen-bond acceptors (Lipinski definition) is 4. The zero-order valence-electron chi connectivity index (χ0n) is 12.4. The van der Waals surface area contributed by atoms with E-state index in [0.29, 0.717) is 0 Å². The van der Waals surface area contributed by atoms with Crippen LogP contribution in [-0.2, 0) is 19.3 Å². The lowest BCUT2D eigenvalue weighted by molar-refractivity contribution is 0.679. The number of aromatic nitrogens is 3. The molecule has 0 saturated carbocycles. The van der Waals surface area contributed by atoms with Crippen LogP contribution >= 0.6 is 0 Å². The summed E-state index contributed by atoms with van der Waals surface area (Å²) in [6.07, 6.45) is 4.51. The second kappa shape index (κ2) is 6.57. The Hall–Kier alpha value is -1.81. The van der Waals surface area contributed by atoms with Crippen molar-refractivity contribution in [2.24, 2.45) is 5.73 Å². The van der Waals surface area contributed by atoms with Gasteiger partial charge in [-0.25, -0.2) is 0 Å². The van der Waals surface area contributed by atoms with E-state index in [-0.39, 0.29) is 6.04 Å². The molecule has 0 amide bonds. The van der Waals surface area contributed by atoms with E-state index in [2.05, 4.69) is 41.2 Å². The summed E-state index contributed by atoms with van der Waals surface area (Å²) in [5.74, 6) is 0. The largest absolute Gasteiger partial charge is 0.324 e. The van der Waals surface area contributed by atoms with Crippen LogP contribution in [0.15, 0.2) is 24.4 Å². The van der Waals surface area contributed by atoms with Gasteiger partial charge in [-0.05, 0) is 43.0 Å². The SMILES string of the molecule is CCc1ccc(CC(N)c2cc(C)nnc2CC)nc1. The van der Waals surface area contributed by atoms with Gasteiger partial charge < -0.3 is 5.73 Å². The molecule has 1 unspecified atom stereocenters. The number of aryl methyl sites for hydroxylation is 3. The molecule has 0 radical (unpaired) electrons. The van der Waals surface area contributed by atoms with Crippen molar-refractivity contribution in [3.05, 3.63) is 52.6 Å². The smallest absolute Gasteiger partial charge is 0.0676 e. The summed E-state index contributed by atoms with van der Waals surface area (Å²) in [7, 11) is 0. The Balaban J connectivity index is 2.18. The first-order valence-electron chi connectivity index (χ1n) is 7.16. The summed E-state index contributed by atoms with van der Waals surface area (Å²) in [6, 6.07) is 6.13. The molecule has 1 atom stereocenters. The number of pyridine rings is 1. The molecule has 4 heteroatoms. The van der Waals surface area contributed by atoms with E-state index in [9.17, 15) is 0 Å². The molecule has 0 aromatic carbocycles. The Morgan fingerprint density at radius 3 is 2.55 bits per heavy atom. The molecule has 0 saturated heterocycles. The quantitative estimate of drug-likeness (QED) is 0.906. The highest BCUT2D eigenvalue weighted by Crippen LogP contribution is 2.19. The molecule has 0 spiro atoms. The standard InChI is InChI=1S/C16H22N4/c1-4-12-6-7-13(18-10-12)9-15(17)14-8-11(3)19-20-16(14)5-2/h6-8,10,15H,4-5,9,17H2,1-3H3. The maximum Gasteiger partial charge on any atom is 0.0676 e. The average molecular weight is 270 g/mol. The van der Waals surface area contributed by atoms with Gasteiger partial charge in [0.2, 0.25) is 0 Å². The van der Waals surface area contributed by atoms with Gasteiger partial charge in [-0.15, -0.1) is 0 Å². The second-order valence-electron chi connectivity index (χ2n) is 5.06. The molecule has 2 aromatic rings. The second-order valence-corrected chi connectivity index (χ2v) is 5.06. The summed E-state index contributed by atoms with van der Waals surface area (Å²) >= 11 is 0. The molecule has 106 valence electrons. The van der Waals surface area contributed by atoms with E-state index < -0.39 is 0 Å². The van der Waals surface area contributed by atoms with Crippen LogP contribution < -0.4 is 5.73 Å². The maximum absolute atomic E-state index is 6.34. The van der Waals surface area contributed by atoms with E-state index in [1.807, 2.05) is 19.2 Å². The van der Waals surface area contributed by atoms with E-state index in [4.69, 9.17) is 5.73 Å². The van der Waals surface area contributed by atoms with Gasteiger partial charge in [-0.2, -0.15) is 10.2 Å². The molecule has 20 heavy (non-hydrogen) atoms. The van der Waals surface area contributed by atoms with Crippen molar-refractivity contribution >= 4 is 0 Å². The van der Waals surface area contributed by atoms with Gasteiger partial charge in [0.15, 0.2) is 0 Å². The summed E-state index contributed by atoms with van der Waals surface area (Å²) in [5.41, 5.74) is 11.6. The highest BCUT2D eigenvalue weighted by molar-refractivity contribution is 5.26. The predicted molar refractivity (Wildman–Crippen MR) is 80.4 cm³/mol. The summed E-state index contributed by atoms with van der Waals surface area (Å²) < 4.78 is 0. The molecule has 0 aliphatic carbocycles. The predicted octanol–water partition coefficient (Wildman–Crippen LogP) is 2.55. The van der Waals surface area contributed by atoms with Gasteiger partial charge in [-0.1, -0.05) is 19.9 Å². The van der Waals surface area contributed by atoms with Gasteiger partial charge in [-0.3, -0.25) is 4.98 Å². The minimum Gasteiger partial charge on any atom is -0.324 e. The van der Waals surface area contributed by atoms with Crippen molar-refractivity contribution in [3.8, 4) is 0 Å². The van der Waals surface area contributed by atoms with E-state index in [0.717, 1.165) is 41.9 Å². The van der Waals surface area contributed by atoms with Crippen LogP contribution in [0.3, 0.4) is 0 Å². The van der Waals surface area contributed by atoms with Crippen LogP contribution in [0.2, 0.25) is 0 Å². The highest BCUT2D eigenvalue weighted by atomic mass is 15.1. The zero-order valence-corrected chi connectivity index (χ0v) is 12.4. The lowest BCUT2D eigenvalue weighted by Gasteiger charge is -2.15. The molecule has 2 rings (SSSR count). The Labute approximate surface area is 120 Å². The molecule has 0 bridgehead atoms. The lowest BCUT2D eigenvalue weighted by atomic mass is 9.99. The first-order chi connectivity index (χ1) is 9.63. The molecule has 0 aliphatic rings. The number of nitrogens with zero attached hydrogens (tertiary/aromatic N) is 3. The van der Waals surface area contributed by atoms with Crippen molar-refractivity contribution < 1.29 is 0 Å². The van der Waals surface area contributed by atoms with Crippen molar-refractivity contribution in [2.75, 3.05) is 0 Å². The fourth-order valence-electron chi connectivity index (χ4n) is 2.25. The topological polar surface area (TPSA) is 64.7 Å². The van der Waals surface area contributed by atoms with Crippen LogP contribution in [0.4, 0.5) is 0 Å². The van der Waals surface area contributed by atoms with Gasteiger partial charge in [0.1, 0.15) is 0 Å². The molecule has 0 aliphatic heterocycles. The monoisotopic (exact) mass is 270 g/mol. The summed E-state index contributed by atoms with van der Waals surface area (Å²) in [4.78, 5) is 4.48. The molecular formula is C16H22N4. The van der Waals surface area contributed by atoms with Crippen LogP contribution in [0.25, 0.3) is 0 Å². The molecule has 4 nitrogen and oxygen atoms in total. The van der Waals surface area contributed by atoms with Gasteiger partial charge in [0.05, 0.1) is 11.4 Å². The highest BCUT2D eigenvalue weighted by Gasteiger charge is 2.13. The Bertz CT molecular complexity index is 563. The van der Waals surface area contributed by atoms with Crippen molar-refractivity contribution in [2.45, 2.75) is 46.1 Å². The average Bonchev–Trinajstić information content (AvgIpc) is 2.48. The number of hydrogen-bond donors (Lipinski definition) is 1. The van der Waals surface area contributed by atoms with Crippen molar-refractivity contribution in [1.82, 2.24) is 15.2 Å². The van der Waals surface area contributed by atoms with Crippen LogP contribution in [-0.4, -0.2) is 15.2 Å². The molecule has 2 heterocycles. The summed E-state index contributed by atoms with van der Waals surface area (Å²) in [5, 5.41) is 8.34. The Morgan fingerprint density at radius 2 is 1.95 bits per heavy atom. The van der Waals surface area contributed by atoms with E-state index in [1.54, 1.807) is 0 Å². The minimum absolute atomic E-state index is 0.0841. The fraction of sp³-hybridized carbons (Fsp3) is 0.438. The Kier molecular flexibility index (Phi) is 4.79. The third-order valence-corrected chi connectivity index (χ3v) is 3.48. The van der Waals surface area contributed by atoms with Gasteiger partial charge in [0, 0.05) is 24.4 Å². The van der Waals surface area contributed by atoms with E-state index in [1.165, 1.54) is 5.56 Å².